The number of piperidine rings is 1. The van der Waals surface area contributed by atoms with Gasteiger partial charge in [-0.05, 0) is 38.6 Å². The second kappa shape index (κ2) is 6.71. The maximum absolute atomic E-state index is 11.9. The number of carbonyl (C=O) groups is 1. The van der Waals surface area contributed by atoms with E-state index in [-0.39, 0.29) is 5.78 Å². The summed E-state index contributed by atoms with van der Waals surface area (Å²) in [5.41, 5.74) is 0.712. The van der Waals surface area contributed by atoms with E-state index in [1.54, 1.807) is 0 Å². The van der Waals surface area contributed by atoms with Crippen LogP contribution in [0, 0.1) is 0 Å². The van der Waals surface area contributed by atoms with Gasteiger partial charge in [0.1, 0.15) is 12.4 Å². The van der Waals surface area contributed by atoms with E-state index in [9.17, 15) is 4.79 Å². The predicted molar refractivity (Wildman–Crippen MR) is 76.8 cm³/mol. The zero-order valence-electron chi connectivity index (χ0n) is 11.9. The number of ketones is 1. The number of benzene rings is 1. The molecule has 19 heavy (non-hydrogen) atoms. The standard InChI is InChI=1S/C16H23NO2/c1-3-15(18)14-9-4-5-10-16(14)19-12-13-8-6-7-11-17(13)2/h4-5,9-10,13H,3,6-8,11-12H2,1-2H3. The average molecular weight is 261 g/mol. The van der Waals surface area contributed by atoms with Crippen LogP contribution in [0.2, 0.25) is 0 Å². The smallest absolute Gasteiger partial charge is 0.166 e. The van der Waals surface area contributed by atoms with E-state index in [2.05, 4.69) is 11.9 Å². The monoisotopic (exact) mass is 261 g/mol. The van der Waals surface area contributed by atoms with E-state index >= 15 is 0 Å². The fourth-order valence-electron chi connectivity index (χ4n) is 2.55. The fourth-order valence-corrected chi connectivity index (χ4v) is 2.55. The maximum atomic E-state index is 11.9. The number of rotatable bonds is 5. The molecule has 1 aliphatic rings. The van der Waals surface area contributed by atoms with Crippen LogP contribution in [0.25, 0.3) is 0 Å². The number of carbonyl (C=O) groups excluding carboxylic acids is 1. The van der Waals surface area contributed by atoms with E-state index in [0.29, 0.717) is 24.6 Å². The molecule has 1 aromatic rings. The third-order valence-electron chi connectivity index (χ3n) is 3.86. The lowest BCUT2D eigenvalue weighted by molar-refractivity contribution is 0.0975. The van der Waals surface area contributed by atoms with Crippen LogP contribution in [-0.4, -0.2) is 36.9 Å². The Morgan fingerprint density at radius 2 is 2.16 bits per heavy atom. The van der Waals surface area contributed by atoms with Gasteiger partial charge in [-0.15, -0.1) is 0 Å². The third-order valence-corrected chi connectivity index (χ3v) is 3.86. The lowest BCUT2D eigenvalue weighted by atomic mass is 10.0. The van der Waals surface area contributed by atoms with E-state index in [0.717, 1.165) is 12.3 Å². The Bertz CT molecular complexity index is 431. The molecule has 3 heteroatoms. The second-order valence-electron chi connectivity index (χ2n) is 5.21. The topological polar surface area (TPSA) is 29.5 Å². The number of hydrogen-bond donors (Lipinski definition) is 0. The van der Waals surface area contributed by atoms with Gasteiger partial charge in [-0.2, -0.15) is 0 Å². The molecule has 0 aliphatic carbocycles. The molecule has 0 aromatic heterocycles. The van der Waals surface area contributed by atoms with Crippen LogP contribution in [0.5, 0.6) is 5.75 Å². The highest BCUT2D eigenvalue weighted by atomic mass is 16.5. The number of para-hydroxylation sites is 1. The van der Waals surface area contributed by atoms with Crippen molar-refractivity contribution in [2.24, 2.45) is 0 Å². The Morgan fingerprint density at radius 1 is 1.37 bits per heavy atom. The SMILES string of the molecule is CCC(=O)c1ccccc1OCC1CCCCN1C. The van der Waals surface area contributed by atoms with Gasteiger partial charge in [-0.1, -0.05) is 25.5 Å². The highest BCUT2D eigenvalue weighted by Gasteiger charge is 2.20. The lowest BCUT2D eigenvalue weighted by Gasteiger charge is -2.32. The molecule has 1 atom stereocenters. The number of ether oxygens (including phenoxy) is 1. The van der Waals surface area contributed by atoms with Crippen molar-refractivity contribution in [2.45, 2.75) is 38.6 Å². The van der Waals surface area contributed by atoms with Gasteiger partial charge < -0.3 is 9.64 Å². The zero-order valence-corrected chi connectivity index (χ0v) is 11.9. The van der Waals surface area contributed by atoms with Crippen LogP contribution in [0.4, 0.5) is 0 Å². The summed E-state index contributed by atoms with van der Waals surface area (Å²) in [6, 6.07) is 8.03. The first-order valence-corrected chi connectivity index (χ1v) is 7.17. The van der Waals surface area contributed by atoms with Gasteiger partial charge in [-0.25, -0.2) is 0 Å². The molecule has 1 heterocycles. The van der Waals surface area contributed by atoms with Gasteiger partial charge in [0.2, 0.25) is 0 Å². The first-order chi connectivity index (χ1) is 9.22. The van der Waals surface area contributed by atoms with Crippen molar-refractivity contribution < 1.29 is 9.53 Å². The molecule has 0 N–H and O–H groups in total. The number of Topliss-reactive ketones (excluding diaryl/α,β-unsaturated/α-hetero) is 1. The summed E-state index contributed by atoms with van der Waals surface area (Å²) in [5, 5.41) is 0. The van der Waals surface area contributed by atoms with E-state index < -0.39 is 0 Å². The Hall–Kier alpha value is -1.35. The third kappa shape index (κ3) is 3.57. The van der Waals surface area contributed by atoms with Crippen molar-refractivity contribution in [3.8, 4) is 5.75 Å². The normalized spacial score (nSPS) is 20.2. The van der Waals surface area contributed by atoms with Gasteiger partial charge in [0.05, 0.1) is 5.56 Å². The first-order valence-electron chi connectivity index (χ1n) is 7.17. The fraction of sp³-hybridized carbons (Fsp3) is 0.562. The molecule has 3 nitrogen and oxygen atoms in total. The number of hydrogen-bond acceptors (Lipinski definition) is 3. The summed E-state index contributed by atoms with van der Waals surface area (Å²) < 4.78 is 5.91. The quantitative estimate of drug-likeness (QED) is 0.763. The molecular formula is C16H23NO2. The molecule has 1 saturated heterocycles. The van der Waals surface area contributed by atoms with Crippen molar-refractivity contribution in [3.63, 3.8) is 0 Å². The highest BCUT2D eigenvalue weighted by Crippen LogP contribution is 2.22. The number of likely N-dealkylation sites (tertiary alicyclic amines) is 1. The molecule has 1 aliphatic heterocycles. The van der Waals surface area contributed by atoms with Crippen molar-refractivity contribution in [1.29, 1.82) is 0 Å². The highest BCUT2D eigenvalue weighted by molar-refractivity contribution is 5.98. The predicted octanol–water partition coefficient (Wildman–Crippen LogP) is 3.14. The first kappa shape index (κ1) is 14.1. The van der Waals surface area contributed by atoms with Crippen LogP contribution < -0.4 is 4.74 Å². The van der Waals surface area contributed by atoms with Crippen LogP contribution in [0.3, 0.4) is 0 Å². The molecule has 0 spiro atoms. The van der Waals surface area contributed by atoms with Crippen molar-refractivity contribution in [2.75, 3.05) is 20.2 Å². The summed E-state index contributed by atoms with van der Waals surface area (Å²) in [4.78, 5) is 14.2. The Balaban J connectivity index is 2.01. The average Bonchev–Trinajstić information content (AvgIpc) is 2.46. The van der Waals surface area contributed by atoms with Crippen LogP contribution in [0.15, 0.2) is 24.3 Å². The van der Waals surface area contributed by atoms with Crippen LogP contribution in [-0.2, 0) is 0 Å². The largest absolute Gasteiger partial charge is 0.491 e. The lowest BCUT2D eigenvalue weighted by Crippen LogP contribution is -2.40. The minimum absolute atomic E-state index is 0.146. The Labute approximate surface area is 115 Å². The Kier molecular flexibility index (Phi) is 4.97. The molecule has 0 radical (unpaired) electrons. The van der Waals surface area contributed by atoms with Gasteiger partial charge in [0.25, 0.3) is 0 Å². The molecule has 0 saturated carbocycles. The summed E-state index contributed by atoms with van der Waals surface area (Å²) in [6.45, 7) is 3.70. The minimum atomic E-state index is 0.146. The molecule has 0 bridgehead atoms. The zero-order chi connectivity index (χ0) is 13.7. The second-order valence-corrected chi connectivity index (χ2v) is 5.21. The molecule has 1 fully saturated rings. The molecular weight excluding hydrogens is 238 g/mol. The summed E-state index contributed by atoms with van der Waals surface area (Å²) in [6.07, 6.45) is 4.25. The van der Waals surface area contributed by atoms with Crippen molar-refractivity contribution >= 4 is 5.78 Å². The van der Waals surface area contributed by atoms with Gasteiger partial charge in [0, 0.05) is 12.5 Å². The van der Waals surface area contributed by atoms with E-state index in [1.807, 2.05) is 31.2 Å². The minimum Gasteiger partial charge on any atom is -0.491 e. The summed E-state index contributed by atoms with van der Waals surface area (Å²) in [5.74, 6) is 0.876. The van der Waals surface area contributed by atoms with E-state index in [4.69, 9.17) is 4.74 Å². The number of nitrogens with zero attached hydrogens (tertiary/aromatic N) is 1. The van der Waals surface area contributed by atoms with Gasteiger partial charge in [-0.3, -0.25) is 4.79 Å². The summed E-state index contributed by atoms with van der Waals surface area (Å²) in [7, 11) is 2.15. The summed E-state index contributed by atoms with van der Waals surface area (Å²) >= 11 is 0. The Morgan fingerprint density at radius 3 is 2.89 bits per heavy atom. The van der Waals surface area contributed by atoms with Crippen molar-refractivity contribution in [3.05, 3.63) is 29.8 Å². The van der Waals surface area contributed by atoms with E-state index in [1.165, 1.54) is 19.3 Å². The molecule has 104 valence electrons. The molecule has 1 unspecified atom stereocenters. The maximum Gasteiger partial charge on any atom is 0.166 e. The van der Waals surface area contributed by atoms with Crippen LogP contribution >= 0.6 is 0 Å². The molecule has 2 rings (SSSR count). The van der Waals surface area contributed by atoms with Crippen LogP contribution in [0.1, 0.15) is 43.0 Å². The molecule has 1 aromatic carbocycles. The van der Waals surface area contributed by atoms with Crippen molar-refractivity contribution in [1.82, 2.24) is 4.90 Å². The molecule has 0 amide bonds. The number of likely N-dealkylation sites (N-methyl/N-ethyl adjacent to an activating group) is 1. The van der Waals surface area contributed by atoms with Gasteiger partial charge >= 0.3 is 0 Å². The van der Waals surface area contributed by atoms with Gasteiger partial charge in [0.15, 0.2) is 5.78 Å².